The highest BCUT2D eigenvalue weighted by atomic mass is 32.2. The van der Waals surface area contributed by atoms with Crippen LogP contribution >= 0.6 is 0 Å². The zero-order valence-corrected chi connectivity index (χ0v) is 37.3. The van der Waals surface area contributed by atoms with E-state index in [2.05, 4.69) is 25.3 Å². The van der Waals surface area contributed by atoms with Crippen LogP contribution in [-0.4, -0.2) is 96.5 Å². The molecule has 2 heterocycles. The van der Waals surface area contributed by atoms with Crippen LogP contribution in [0.3, 0.4) is 0 Å². The maximum atomic E-state index is 13.4. The summed E-state index contributed by atoms with van der Waals surface area (Å²) in [6, 6.07) is 5.17. The molecule has 0 radical (unpaired) electrons. The van der Waals surface area contributed by atoms with E-state index in [-0.39, 0.29) is 38.8 Å². The number of hydrogen-bond acceptors (Lipinski definition) is 14. The molecule has 3 rings (SSSR count). The van der Waals surface area contributed by atoms with Gasteiger partial charge < -0.3 is 18.9 Å². The summed E-state index contributed by atoms with van der Waals surface area (Å²) in [5, 5.41) is 17.3. The zero-order valence-electron chi connectivity index (χ0n) is 36.4. The second-order valence-electron chi connectivity index (χ2n) is 18.2. The van der Waals surface area contributed by atoms with E-state index < -0.39 is 69.6 Å². The predicted molar refractivity (Wildman–Crippen MR) is 219 cm³/mol. The van der Waals surface area contributed by atoms with Crippen LogP contribution in [0.2, 0.25) is 0 Å². The molecule has 2 N–H and O–H groups in total. The van der Waals surface area contributed by atoms with E-state index in [4.69, 9.17) is 18.9 Å². The fourth-order valence-corrected chi connectivity index (χ4v) is 5.96. The molecule has 0 aliphatic rings. The van der Waals surface area contributed by atoms with E-state index in [9.17, 15) is 27.9 Å². The van der Waals surface area contributed by atoms with Crippen LogP contribution in [0.15, 0.2) is 36.7 Å². The van der Waals surface area contributed by atoms with Gasteiger partial charge in [0, 0.05) is 38.2 Å². The molecule has 18 nitrogen and oxygen atoms in total. The maximum Gasteiger partial charge on any atom is 0.331 e. The van der Waals surface area contributed by atoms with E-state index in [0.717, 1.165) is 5.56 Å². The Morgan fingerprint density at radius 1 is 0.678 bits per heavy atom. The number of nitrogens with zero attached hydrogens (tertiary/aromatic N) is 7. The van der Waals surface area contributed by atoms with Gasteiger partial charge in [-0.05, 0) is 120 Å². The predicted octanol–water partition coefficient (Wildman–Crippen LogP) is 5.67. The molecule has 0 spiro atoms. The molecule has 19 heteroatoms. The van der Waals surface area contributed by atoms with Gasteiger partial charge in [0.1, 0.15) is 22.4 Å². The molecule has 0 aliphatic carbocycles. The average molecular weight is 847 g/mol. The molecule has 1 unspecified atom stereocenters. The fourth-order valence-electron chi connectivity index (χ4n) is 5.63. The van der Waals surface area contributed by atoms with Crippen LogP contribution < -0.4 is 4.72 Å². The summed E-state index contributed by atoms with van der Waals surface area (Å²) in [6.07, 6.45) is 3.86. The molecule has 59 heavy (non-hydrogen) atoms. The summed E-state index contributed by atoms with van der Waals surface area (Å²) >= 11 is -2.21. The topological polar surface area (TPSA) is 219 Å². The lowest BCUT2D eigenvalue weighted by Crippen LogP contribution is -2.31. The lowest BCUT2D eigenvalue weighted by molar-refractivity contribution is -0.162. The van der Waals surface area contributed by atoms with Crippen molar-refractivity contribution in [1.29, 1.82) is 0 Å². The Bertz CT molecular complexity index is 1780. The van der Waals surface area contributed by atoms with Crippen LogP contribution in [0.4, 0.5) is 5.69 Å². The van der Waals surface area contributed by atoms with E-state index >= 15 is 0 Å². The molecule has 3 atom stereocenters. The minimum atomic E-state index is -2.21. The summed E-state index contributed by atoms with van der Waals surface area (Å²) in [6.45, 7) is 22.1. The molecule has 0 bridgehead atoms. The SMILES string of the molecule is CC(C)(C)OC(=O)CC[C@@H](C(=O)OC(C)(C)C)n1cc(CN(CCc2ccc(NS(=O)O)cc2)Cc2cn([C@@H](CCC(=O)OC(C)(C)C)C(=O)OC(C)(C)C)nn2)nn1. The number of nitrogens with one attached hydrogen (secondary N) is 1. The standard InChI is InChI=1S/C40H62N8O10S/c1-37(2,3)55-33(49)19-17-31(35(51)57-39(7,8)9)47-25-29(41-44-47)23-46(22-21-27-13-15-28(16-14-27)43-59(53)54)24-30-26-48(45-42-30)32(36(52)58-40(10,11)12)18-20-34(50)56-38(4,5)6/h13-16,25-26,31-32,43H,17-24H2,1-12H3,(H,53,54)/t31-,32-/m0/s1. The van der Waals surface area contributed by atoms with Crippen molar-refractivity contribution >= 4 is 40.8 Å². The van der Waals surface area contributed by atoms with Crippen molar-refractivity contribution in [1.82, 2.24) is 34.9 Å². The molecule has 0 saturated carbocycles. The molecule has 0 saturated heterocycles. The lowest BCUT2D eigenvalue weighted by Gasteiger charge is -2.24. The number of carbonyl (C=O) groups is 4. The first-order valence-corrected chi connectivity index (χ1v) is 20.6. The van der Waals surface area contributed by atoms with Gasteiger partial charge in [-0.1, -0.05) is 22.6 Å². The van der Waals surface area contributed by atoms with Crippen molar-refractivity contribution < 1.29 is 46.9 Å². The smallest absolute Gasteiger partial charge is 0.331 e. The lowest BCUT2D eigenvalue weighted by atomic mass is 10.1. The van der Waals surface area contributed by atoms with Crippen molar-refractivity contribution in [2.45, 2.75) is 163 Å². The molecule has 0 amide bonds. The first-order valence-electron chi connectivity index (χ1n) is 19.5. The summed E-state index contributed by atoms with van der Waals surface area (Å²) in [5.74, 6) is -2.06. The summed E-state index contributed by atoms with van der Waals surface area (Å²) < 4.78 is 47.9. The Kier molecular flexibility index (Phi) is 16.9. The molecule has 3 aromatic rings. The Morgan fingerprint density at radius 2 is 1.07 bits per heavy atom. The van der Waals surface area contributed by atoms with Crippen LogP contribution in [0.25, 0.3) is 0 Å². The van der Waals surface area contributed by atoms with E-state index in [1.165, 1.54) is 9.36 Å². The normalized spacial score (nSPS) is 14.0. The van der Waals surface area contributed by atoms with Gasteiger partial charge in [-0.2, -0.15) is 0 Å². The third-order valence-electron chi connectivity index (χ3n) is 7.84. The number of ether oxygens (including phenoxy) is 4. The average Bonchev–Trinajstić information content (AvgIpc) is 3.71. The Hall–Kier alpha value is -4.75. The largest absolute Gasteiger partial charge is 0.460 e. The highest BCUT2D eigenvalue weighted by Crippen LogP contribution is 2.24. The van der Waals surface area contributed by atoms with Crippen molar-refractivity contribution in [3.8, 4) is 0 Å². The number of esters is 4. The van der Waals surface area contributed by atoms with Gasteiger partial charge in [0.05, 0.1) is 23.8 Å². The molecule has 0 fully saturated rings. The first kappa shape index (κ1) is 48.6. The Balaban J connectivity index is 1.91. The van der Waals surface area contributed by atoms with Gasteiger partial charge in [-0.15, -0.1) is 10.2 Å². The molecule has 2 aromatic heterocycles. The number of aromatic nitrogens is 6. The number of benzene rings is 1. The third-order valence-corrected chi connectivity index (χ3v) is 8.25. The van der Waals surface area contributed by atoms with E-state index in [1.54, 1.807) is 108 Å². The number of hydrogen-bond donors (Lipinski definition) is 2. The van der Waals surface area contributed by atoms with Crippen LogP contribution in [0.5, 0.6) is 0 Å². The number of anilines is 1. The molecular formula is C40H62N8O10S. The maximum absolute atomic E-state index is 13.4. The Labute approximate surface area is 349 Å². The quantitative estimate of drug-likeness (QED) is 0.0843. The highest BCUT2D eigenvalue weighted by Gasteiger charge is 2.31. The number of rotatable bonds is 19. The van der Waals surface area contributed by atoms with Crippen molar-refractivity contribution in [2.75, 3.05) is 11.3 Å². The second kappa shape index (κ2) is 20.5. The van der Waals surface area contributed by atoms with Gasteiger partial charge in [0.2, 0.25) is 0 Å². The molecule has 1 aromatic carbocycles. The Morgan fingerprint density at radius 3 is 1.42 bits per heavy atom. The monoisotopic (exact) mass is 846 g/mol. The highest BCUT2D eigenvalue weighted by molar-refractivity contribution is 7.80. The van der Waals surface area contributed by atoms with E-state index in [1.807, 2.05) is 17.0 Å². The van der Waals surface area contributed by atoms with Gasteiger partial charge >= 0.3 is 23.9 Å². The van der Waals surface area contributed by atoms with Gasteiger partial charge in [-0.25, -0.2) is 23.2 Å². The minimum absolute atomic E-state index is 0.0528. The molecule has 328 valence electrons. The van der Waals surface area contributed by atoms with Gasteiger partial charge in [-0.3, -0.25) is 23.8 Å². The third kappa shape index (κ3) is 18.8. The second-order valence-corrected chi connectivity index (χ2v) is 18.9. The minimum Gasteiger partial charge on any atom is -0.460 e. The van der Waals surface area contributed by atoms with Crippen LogP contribution in [-0.2, 0) is 68.9 Å². The van der Waals surface area contributed by atoms with Crippen molar-refractivity contribution in [2.24, 2.45) is 0 Å². The fraction of sp³-hybridized carbons (Fsp3) is 0.650. The van der Waals surface area contributed by atoms with Crippen LogP contribution in [0.1, 0.15) is 138 Å². The van der Waals surface area contributed by atoms with E-state index in [0.29, 0.717) is 30.0 Å². The first-order chi connectivity index (χ1) is 27.1. The summed E-state index contributed by atoms with van der Waals surface area (Å²) in [5.41, 5.74) is -0.518. The summed E-state index contributed by atoms with van der Waals surface area (Å²) in [4.78, 5) is 54.1. The molecule has 0 aliphatic heterocycles. The van der Waals surface area contributed by atoms with Crippen molar-refractivity contribution in [3.63, 3.8) is 0 Å². The van der Waals surface area contributed by atoms with Crippen molar-refractivity contribution in [3.05, 3.63) is 53.6 Å². The van der Waals surface area contributed by atoms with Gasteiger partial charge in [0.15, 0.2) is 12.1 Å². The number of carbonyl (C=O) groups excluding carboxylic acids is 4. The van der Waals surface area contributed by atoms with Gasteiger partial charge in [0.25, 0.3) is 11.3 Å². The zero-order chi connectivity index (χ0) is 44.3. The van der Waals surface area contributed by atoms with Crippen LogP contribution in [0, 0.1) is 0 Å². The molecular weight excluding hydrogens is 785 g/mol. The summed E-state index contributed by atoms with van der Waals surface area (Å²) in [7, 11) is 0.